The van der Waals surface area contributed by atoms with Crippen LogP contribution in [0.25, 0.3) is 0 Å². The molecule has 0 aromatic rings. The molecule has 0 radical (unpaired) electrons. The van der Waals surface area contributed by atoms with Gasteiger partial charge in [-0.15, -0.1) is 0 Å². The number of quaternary nitrogens is 1. The number of likely N-dealkylation sites (N-methyl/N-ethyl adjacent to an activating group) is 1. The smallest absolute Gasteiger partial charge is 0.362 e. The monoisotopic (exact) mass is 763 g/mol. The van der Waals surface area contributed by atoms with Crippen LogP contribution < -0.4 is 0 Å². The van der Waals surface area contributed by atoms with Gasteiger partial charge >= 0.3 is 17.9 Å². The maximum atomic E-state index is 12.7. The van der Waals surface area contributed by atoms with Crippen LogP contribution in [0.15, 0.2) is 36.5 Å². The van der Waals surface area contributed by atoms with Gasteiger partial charge in [0, 0.05) is 19.3 Å². The van der Waals surface area contributed by atoms with E-state index < -0.39 is 18.1 Å². The number of allylic oxidation sites excluding steroid dienone is 6. The maximum Gasteiger partial charge on any atom is 0.362 e. The number of ether oxygens (including phenoxy) is 3. The maximum absolute atomic E-state index is 12.7. The van der Waals surface area contributed by atoms with Crippen molar-refractivity contribution < 1.29 is 38.2 Å². The van der Waals surface area contributed by atoms with Gasteiger partial charge in [-0.05, 0) is 44.9 Å². The zero-order valence-corrected chi connectivity index (χ0v) is 35.7. The summed E-state index contributed by atoms with van der Waals surface area (Å²) < 4.78 is 17.3. The van der Waals surface area contributed by atoms with E-state index >= 15 is 0 Å². The summed E-state index contributed by atoms with van der Waals surface area (Å²) in [4.78, 5) is 36.9. The van der Waals surface area contributed by atoms with E-state index in [0.717, 1.165) is 77.0 Å². The van der Waals surface area contributed by atoms with Crippen molar-refractivity contribution in [2.45, 2.75) is 199 Å². The van der Waals surface area contributed by atoms with Gasteiger partial charge in [-0.1, -0.05) is 159 Å². The van der Waals surface area contributed by atoms with Gasteiger partial charge in [-0.3, -0.25) is 9.59 Å². The molecule has 0 aliphatic heterocycles. The highest BCUT2D eigenvalue weighted by molar-refractivity contribution is 5.72. The highest BCUT2D eigenvalue weighted by atomic mass is 16.6. The van der Waals surface area contributed by atoms with Crippen LogP contribution in [0.4, 0.5) is 0 Å². The van der Waals surface area contributed by atoms with Crippen molar-refractivity contribution in [3.05, 3.63) is 36.5 Å². The average molecular weight is 763 g/mol. The van der Waals surface area contributed by atoms with E-state index in [1.807, 2.05) is 21.1 Å². The molecule has 2 atom stereocenters. The zero-order valence-electron chi connectivity index (χ0n) is 35.7. The summed E-state index contributed by atoms with van der Waals surface area (Å²) in [5.41, 5.74) is 0. The molecule has 54 heavy (non-hydrogen) atoms. The molecule has 8 heteroatoms. The third kappa shape index (κ3) is 35.3. The first kappa shape index (κ1) is 51.5. The summed E-state index contributed by atoms with van der Waals surface area (Å²) in [6, 6.07) is -0.616. The first-order chi connectivity index (χ1) is 26.1. The summed E-state index contributed by atoms with van der Waals surface area (Å²) in [6.07, 6.45) is 41.8. The molecule has 0 spiro atoms. The second kappa shape index (κ2) is 37.5. The van der Waals surface area contributed by atoms with Crippen molar-refractivity contribution in [3.63, 3.8) is 0 Å². The van der Waals surface area contributed by atoms with Crippen molar-refractivity contribution in [2.24, 2.45) is 0 Å². The van der Waals surface area contributed by atoms with E-state index in [0.29, 0.717) is 19.3 Å². The van der Waals surface area contributed by atoms with E-state index in [1.54, 1.807) is 0 Å². The Balaban J connectivity index is 4.36. The fraction of sp³-hybridized carbons (Fsp3) is 0.804. The first-order valence-corrected chi connectivity index (χ1v) is 22.0. The Morgan fingerprint density at radius 1 is 0.574 bits per heavy atom. The van der Waals surface area contributed by atoms with Crippen molar-refractivity contribution >= 4 is 17.9 Å². The molecule has 0 saturated heterocycles. The van der Waals surface area contributed by atoms with Crippen LogP contribution in [-0.4, -0.2) is 80.6 Å². The molecular formula is C46H84NO7+. The standard InChI is InChI=1S/C46H83NO7/c1-6-8-10-12-14-16-18-20-22-24-26-28-30-32-34-36-44(48)53-41-42(40-52-39-38-43(46(50)51)47(3,4)5)54-45(49)37-35-33-31-29-27-25-23-21-19-17-15-13-11-9-7-2/h9,11,15,17,21,23,42-43H,6-8,10,12-14,16,18-20,22,24-41H2,1-5H3/p+1/b11-9-,17-15-,23-21-. The molecule has 0 aliphatic rings. The van der Waals surface area contributed by atoms with Gasteiger partial charge in [0.05, 0.1) is 34.4 Å². The fourth-order valence-electron chi connectivity index (χ4n) is 6.40. The summed E-state index contributed by atoms with van der Waals surface area (Å²) in [7, 11) is 5.52. The SMILES string of the molecule is CC/C=C\C/C=C\C/C=C\CCCCCCCC(=O)OC(COCCC(C(=O)O)[N+](C)(C)C)COC(=O)CCCCCCCCCCCCCCCCC. The third-order valence-corrected chi connectivity index (χ3v) is 9.80. The van der Waals surface area contributed by atoms with Gasteiger partial charge in [0.25, 0.3) is 0 Å². The molecule has 0 saturated carbocycles. The van der Waals surface area contributed by atoms with E-state index in [2.05, 4.69) is 50.3 Å². The van der Waals surface area contributed by atoms with Crippen molar-refractivity contribution in [2.75, 3.05) is 41.0 Å². The van der Waals surface area contributed by atoms with E-state index in [-0.39, 0.29) is 36.2 Å². The fourth-order valence-corrected chi connectivity index (χ4v) is 6.40. The predicted molar refractivity (Wildman–Crippen MR) is 225 cm³/mol. The number of carbonyl (C=O) groups excluding carboxylic acids is 2. The molecule has 0 aromatic carbocycles. The zero-order chi connectivity index (χ0) is 40.0. The molecular weight excluding hydrogens is 679 g/mol. The normalized spacial score (nSPS) is 13.3. The number of rotatable bonds is 39. The molecule has 0 fully saturated rings. The Morgan fingerprint density at radius 3 is 1.54 bits per heavy atom. The summed E-state index contributed by atoms with van der Waals surface area (Å²) >= 11 is 0. The summed E-state index contributed by atoms with van der Waals surface area (Å²) in [5, 5.41) is 9.61. The topological polar surface area (TPSA) is 99.1 Å². The quantitative estimate of drug-likeness (QED) is 0.0288. The van der Waals surface area contributed by atoms with Gasteiger partial charge in [0.2, 0.25) is 0 Å². The van der Waals surface area contributed by atoms with Gasteiger partial charge < -0.3 is 23.8 Å². The Bertz CT molecular complexity index is 984. The lowest BCUT2D eigenvalue weighted by Crippen LogP contribution is -2.50. The van der Waals surface area contributed by atoms with E-state index in [4.69, 9.17) is 14.2 Å². The molecule has 314 valence electrons. The van der Waals surface area contributed by atoms with Crippen LogP contribution in [-0.2, 0) is 28.6 Å². The van der Waals surface area contributed by atoms with E-state index in [1.165, 1.54) is 77.0 Å². The number of aliphatic carboxylic acids is 1. The lowest BCUT2D eigenvalue weighted by Gasteiger charge is -2.31. The van der Waals surface area contributed by atoms with Gasteiger partial charge in [0.1, 0.15) is 6.61 Å². The van der Waals surface area contributed by atoms with E-state index in [9.17, 15) is 19.5 Å². The summed E-state index contributed by atoms with van der Waals surface area (Å²) in [6.45, 7) is 4.62. The van der Waals surface area contributed by atoms with Crippen LogP contribution >= 0.6 is 0 Å². The first-order valence-electron chi connectivity index (χ1n) is 22.0. The van der Waals surface area contributed by atoms with Gasteiger partial charge in [-0.2, -0.15) is 0 Å². The third-order valence-electron chi connectivity index (χ3n) is 9.80. The van der Waals surface area contributed by atoms with Crippen LogP contribution in [0, 0.1) is 0 Å². The lowest BCUT2D eigenvalue weighted by atomic mass is 10.0. The number of carboxylic acids is 1. The van der Waals surface area contributed by atoms with Gasteiger partial charge in [0.15, 0.2) is 12.1 Å². The lowest BCUT2D eigenvalue weighted by molar-refractivity contribution is -0.887. The minimum absolute atomic E-state index is 0.0553. The summed E-state index contributed by atoms with van der Waals surface area (Å²) in [5.74, 6) is -1.48. The van der Waals surface area contributed by atoms with Crippen LogP contribution in [0.3, 0.4) is 0 Å². The number of carbonyl (C=O) groups is 3. The molecule has 0 heterocycles. The van der Waals surface area contributed by atoms with Crippen molar-refractivity contribution in [1.29, 1.82) is 0 Å². The Morgan fingerprint density at radius 2 is 1.04 bits per heavy atom. The number of hydrogen-bond acceptors (Lipinski definition) is 6. The molecule has 0 aromatic heterocycles. The second-order valence-electron chi connectivity index (χ2n) is 15.9. The van der Waals surface area contributed by atoms with Crippen LogP contribution in [0.2, 0.25) is 0 Å². The highest BCUT2D eigenvalue weighted by Crippen LogP contribution is 2.15. The number of carboxylic acid groups (broad SMARTS) is 1. The Labute approximate surface area is 332 Å². The molecule has 0 aliphatic carbocycles. The Kier molecular flexibility index (Phi) is 35.8. The Hall–Kier alpha value is -2.45. The minimum atomic E-state index is -0.878. The molecule has 8 nitrogen and oxygen atoms in total. The highest BCUT2D eigenvalue weighted by Gasteiger charge is 2.31. The largest absolute Gasteiger partial charge is 0.477 e. The minimum Gasteiger partial charge on any atom is -0.477 e. The van der Waals surface area contributed by atoms with Crippen molar-refractivity contribution in [1.82, 2.24) is 0 Å². The molecule has 2 unspecified atom stereocenters. The number of esters is 2. The average Bonchev–Trinajstić information content (AvgIpc) is 3.12. The second-order valence-corrected chi connectivity index (χ2v) is 15.9. The predicted octanol–water partition coefficient (Wildman–Crippen LogP) is 11.9. The number of unbranched alkanes of at least 4 members (excludes halogenated alkanes) is 19. The molecule has 0 bridgehead atoms. The molecule has 1 N–H and O–H groups in total. The molecule has 0 rings (SSSR count). The van der Waals surface area contributed by atoms with Crippen molar-refractivity contribution in [3.8, 4) is 0 Å². The van der Waals surface area contributed by atoms with Crippen LogP contribution in [0.5, 0.6) is 0 Å². The molecule has 0 amide bonds. The number of hydrogen-bond donors (Lipinski definition) is 1. The number of nitrogens with zero attached hydrogens (tertiary/aromatic N) is 1. The van der Waals surface area contributed by atoms with Crippen LogP contribution in [0.1, 0.15) is 187 Å². The van der Waals surface area contributed by atoms with Gasteiger partial charge in [-0.25, -0.2) is 4.79 Å².